The molecule has 0 atom stereocenters. The van der Waals surface area contributed by atoms with Crippen molar-refractivity contribution in [3.8, 4) is 0 Å². The molecular formula is C17H24Cl2N2O2. The van der Waals surface area contributed by atoms with E-state index in [4.69, 9.17) is 27.9 Å². The van der Waals surface area contributed by atoms with Crippen molar-refractivity contribution in [2.45, 2.75) is 51.8 Å². The highest BCUT2D eigenvalue weighted by molar-refractivity contribution is 6.35. The zero-order valence-electron chi connectivity index (χ0n) is 13.9. The van der Waals surface area contributed by atoms with Crippen LogP contribution in [0.3, 0.4) is 0 Å². The van der Waals surface area contributed by atoms with Crippen molar-refractivity contribution in [3.05, 3.63) is 33.8 Å². The number of benzene rings is 1. The molecule has 1 N–H and O–H groups in total. The van der Waals surface area contributed by atoms with Gasteiger partial charge in [-0.15, -0.1) is 0 Å². The van der Waals surface area contributed by atoms with Crippen LogP contribution in [-0.2, 0) is 11.3 Å². The Hall–Kier alpha value is -0.970. The van der Waals surface area contributed by atoms with E-state index in [2.05, 4.69) is 5.32 Å². The topological polar surface area (TPSA) is 41.6 Å². The van der Waals surface area contributed by atoms with Crippen LogP contribution in [0, 0.1) is 0 Å². The van der Waals surface area contributed by atoms with E-state index in [0.717, 1.165) is 18.4 Å². The first-order chi connectivity index (χ1) is 10.8. The number of rotatable bonds is 6. The van der Waals surface area contributed by atoms with Crippen LogP contribution >= 0.6 is 23.2 Å². The molecule has 4 nitrogen and oxygen atoms in total. The first kappa shape index (κ1) is 18.4. The summed E-state index contributed by atoms with van der Waals surface area (Å²) < 4.78 is 5.47. The smallest absolute Gasteiger partial charge is 0.410 e. The lowest BCUT2D eigenvalue weighted by Crippen LogP contribution is -2.41. The lowest BCUT2D eigenvalue weighted by atomic mass is 10.2. The fraction of sp³-hybridized carbons (Fsp3) is 0.588. The van der Waals surface area contributed by atoms with Crippen LogP contribution in [-0.4, -0.2) is 35.7 Å². The van der Waals surface area contributed by atoms with Gasteiger partial charge in [0.2, 0.25) is 0 Å². The summed E-state index contributed by atoms with van der Waals surface area (Å²) in [6, 6.07) is 5.79. The van der Waals surface area contributed by atoms with Gasteiger partial charge in [-0.2, -0.15) is 0 Å². The molecule has 23 heavy (non-hydrogen) atoms. The first-order valence-corrected chi connectivity index (χ1v) is 8.66. The Morgan fingerprint density at radius 1 is 1.35 bits per heavy atom. The van der Waals surface area contributed by atoms with Crippen molar-refractivity contribution in [3.63, 3.8) is 0 Å². The van der Waals surface area contributed by atoms with E-state index >= 15 is 0 Å². The molecule has 0 radical (unpaired) electrons. The number of ether oxygens (including phenoxy) is 1. The molecule has 1 aromatic rings. The molecule has 6 heteroatoms. The summed E-state index contributed by atoms with van der Waals surface area (Å²) in [4.78, 5) is 14.1. The largest absolute Gasteiger partial charge is 0.444 e. The van der Waals surface area contributed by atoms with Gasteiger partial charge in [-0.05, 0) is 51.3 Å². The van der Waals surface area contributed by atoms with E-state index < -0.39 is 5.60 Å². The maximum absolute atomic E-state index is 12.2. The van der Waals surface area contributed by atoms with Gasteiger partial charge in [-0.3, -0.25) is 0 Å². The molecule has 0 aliphatic heterocycles. The second kappa shape index (κ2) is 7.73. The van der Waals surface area contributed by atoms with E-state index in [1.165, 1.54) is 0 Å². The quantitative estimate of drug-likeness (QED) is 0.762. The number of amides is 1. The minimum Gasteiger partial charge on any atom is -0.444 e. The molecule has 0 heterocycles. The predicted octanol–water partition coefficient (Wildman–Crippen LogP) is 4.48. The van der Waals surface area contributed by atoms with Gasteiger partial charge < -0.3 is 15.0 Å². The highest BCUT2D eigenvalue weighted by Gasteiger charge is 2.34. The first-order valence-electron chi connectivity index (χ1n) is 7.90. The summed E-state index contributed by atoms with van der Waals surface area (Å²) in [5.41, 5.74) is 0.528. The maximum atomic E-state index is 12.2. The molecule has 0 bridgehead atoms. The van der Waals surface area contributed by atoms with Crippen LogP contribution in [0.5, 0.6) is 0 Å². The van der Waals surface area contributed by atoms with Gasteiger partial charge in [0.05, 0.1) is 0 Å². The standard InChI is InChI=1S/C17H24Cl2N2O2/c1-17(2,3)23-16(22)21(14-6-7-14)9-8-20-11-12-4-5-13(18)10-15(12)19/h4-5,10,14,20H,6-9,11H2,1-3H3. The molecule has 0 unspecified atom stereocenters. The van der Waals surface area contributed by atoms with Crippen LogP contribution in [0.25, 0.3) is 0 Å². The molecule has 0 aromatic heterocycles. The Labute approximate surface area is 148 Å². The van der Waals surface area contributed by atoms with Gasteiger partial charge in [0.15, 0.2) is 0 Å². The second-order valence-electron chi connectivity index (χ2n) is 6.82. The summed E-state index contributed by atoms with van der Waals surface area (Å²) >= 11 is 12.0. The van der Waals surface area contributed by atoms with Crippen LogP contribution in [0.15, 0.2) is 18.2 Å². The highest BCUT2D eigenvalue weighted by Crippen LogP contribution is 2.28. The summed E-state index contributed by atoms with van der Waals surface area (Å²) in [5, 5.41) is 4.59. The maximum Gasteiger partial charge on any atom is 0.410 e. The number of hydrogen-bond donors (Lipinski definition) is 1. The van der Waals surface area contributed by atoms with Crippen molar-refractivity contribution in [1.29, 1.82) is 0 Å². The average Bonchev–Trinajstić information content (AvgIpc) is 3.23. The monoisotopic (exact) mass is 358 g/mol. The summed E-state index contributed by atoms with van der Waals surface area (Å²) in [5.74, 6) is 0. The van der Waals surface area contributed by atoms with Crippen LogP contribution in [0.2, 0.25) is 10.0 Å². The molecule has 0 saturated heterocycles. The SMILES string of the molecule is CC(C)(C)OC(=O)N(CCNCc1ccc(Cl)cc1Cl)C1CC1. The minimum atomic E-state index is -0.464. The fourth-order valence-electron chi connectivity index (χ4n) is 2.22. The number of nitrogens with zero attached hydrogens (tertiary/aromatic N) is 1. The molecule has 0 spiro atoms. The minimum absolute atomic E-state index is 0.230. The van der Waals surface area contributed by atoms with Crippen LogP contribution in [0.4, 0.5) is 4.79 Å². The highest BCUT2D eigenvalue weighted by atomic mass is 35.5. The fourth-order valence-corrected chi connectivity index (χ4v) is 2.69. The number of carbonyl (C=O) groups is 1. The second-order valence-corrected chi connectivity index (χ2v) is 7.66. The van der Waals surface area contributed by atoms with Crippen molar-refractivity contribution in [1.82, 2.24) is 10.2 Å². The zero-order chi connectivity index (χ0) is 17.0. The van der Waals surface area contributed by atoms with Gasteiger partial charge in [-0.25, -0.2) is 4.79 Å². The van der Waals surface area contributed by atoms with Gasteiger partial charge in [-0.1, -0.05) is 29.3 Å². The molecule has 1 saturated carbocycles. The summed E-state index contributed by atoms with van der Waals surface area (Å²) in [6.45, 7) is 7.62. The molecule has 1 aliphatic rings. The van der Waals surface area contributed by atoms with Gasteiger partial charge in [0.1, 0.15) is 5.60 Å². The van der Waals surface area contributed by atoms with Crippen LogP contribution < -0.4 is 5.32 Å². The molecule has 1 amide bonds. The number of hydrogen-bond acceptors (Lipinski definition) is 3. The summed E-state index contributed by atoms with van der Waals surface area (Å²) in [6.07, 6.45) is 1.89. The van der Waals surface area contributed by atoms with E-state index in [-0.39, 0.29) is 6.09 Å². The van der Waals surface area contributed by atoms with Crippen molar-refractivity contribution in [2.75, 3.05) is 13.1 Å². The number of carbonyl (C=O) groups excluding carboxylic acids is 1. The molecule has 1 aliphatic carbocycles. The van der Waals surface area contributed by atoms with Gasteiger partial charge >= 0.3 is 6.09 Å². The average molecular weight is 359 g/mol. The molecule has 1 fully saturated rings. The Balaban J connectivity index is 1.79. The molecular weight excluding hydrogens is 335 g/mol. The Morgan fingerprint density at radius 3 is 2.61 bits per heavy atom. The lowest BCUT2D eigenvalue weighted by molar-refractivity contribution is 0.0236. The van der Waals surface area contributed by atoms with Gasteiger partial charge in [0.25, 0.3) is 0 Å². The third-order valence-corrected chi connectivity index (χ3v) is 4.06. The van der Waals surface area contributed by atoms with E-state index in [1.54, 1.807) is 6.07 Å². The van der Waals surface area contributed by atoms with E-state index in [1.807, 2.05) is 37.8 Å². The molecule has 2 rings (SSSR count). The molecule has 1 aromatic carbocycles. The molecule has 128 valence electrons. The third kappa shape index (κ3) is 6.21. The third-order valence-electron chi connectivity index (χ3n) is 3.48. The zero-order valence-corrected chi connectivity index (χ0v) is 15.4. The normalized spacial score (nSPS) is 14.7. The Morgan fingerprint density at radius 2 is 2.04 bits per heavy atom. The Kier molecular flexibility index (Phi) is 6.18. The van der Waals surface area contributed by atoms with E-state index in [9.17, 15) is 4.79 Å². The van der Waals surface area contributed by atoms with Crippen molar-refractivity contribution < 1.29 is 9.53 Å². The summed E-state index contributed by atoms with van der Waals surface area (Å²) in [7, 11) is 0. The number of nitrogens with one attached hydrogen (secondary N) is 1. The van der Waals surface area contributed by atoms with Crippen LogP contribution in [0.1, 0.15) is 39.2 Å². The van der Waals surface area contributed by atoms with Crippen molar-refractivity contribution >= 4 is 29.3 Å². The van der Waals surface area contributed by atoms with E-state index in [0.29, 0.717) is 35.7 Å². The predicted molar refractivity (Wildman–Crippen MR) is 94.1 cm³/mol. The lowest BCUT2D eigenvalue weighted by Gasteiger charge is -2.27. The number of halogens is 2. The van der Waals surface area contributed by atoms with Gasteiger partial charge in [0, 0.05) is 35.7 Å². The van der Waals surface area contributed by atoms with Crippen molar-refractivity contribution in [2.24, 2.45) is 0 Å². The Bertz CT molecular complexity index is 554.